The highest BCUT2D eigenvalue weighted by molar-refractivity contribution is 5.85. The van der Waals surface area contributed by atoms with Crippen LogP contribution in [-0.2, 0) is 18.6 Å². The van der Waals surface area contributed by atoms with Crippen LogP contribution in [0, 0.1) is 5.92 Å². The Morgan fingerprint density at radius 2 is 1.47 bits per heavy atom. The Balaban J connectivity index is 0.00000320. The smallest absolute Gasteiger partial charge is 0.120 e. The predicted octanol–water partition coefficient (Wildman–Crippen LogP) is 5.32. The third kappa shape index (κ3) is 6.60. The molecule has 0 spiro atoms. The van der Waals surface area contributed by atoms with Crippen molar-refractivity contribution in [3.8, 4) is 5.75 Å². The molecule has 3 aromatic carbocycles. The Kier molecular flexibility index (Phi) is 8.91. The summed E-state index contributed by atoms with van der Waals surface area (Å²) < 4.78 is 5.99. The van der Waals surface area contributed by atoms with Crippen LogP contribution in [0.25, 0.3) is 0 Å². The van der Waals surface area contributed by atoms with Gasteiger partial charge >= 0.3 is 0 Å². The van der Waals surface area contributed by atoms with Crippen molar-refractivity contribution in [2.24, 2.45) is 5.92 Å². The van der Waals surface area contributed by atoms with E-state index in [0.29, 0.717) is 6.61 Å². The molecule has 0 saturated carbocycles. The Morgan fingerprint density at radius 3 is 2.07 bits per heavy atom. The van der Waals surface area contributed by atoms with E-state index in [4.69, 9.17) is 4.74 Å². The first-order valence-corrected chi connectivity index (χ1v) is 10.1. The normalized spacial score (nSPS) is 13.9. The lowest BCUT2D eigenvalue weighted by atomic mass is 9.79. The fourth-order valence-electron chi connectivity index (χ4n) is 3.66. The van der Waals surface area contributed by atoms with E-state index in [9.17, 15) is 5.11 Å². The van der Waals surface area contributed by atoms with Crippen LogP contribution in [0.15, 0.2) is 84.9 Å². The average molecular weight is 426 g/mol. The van der Waals surface area contributed by atoms with Gasteiger partial charge in [0.15, 0.2) is 0 Å². The van der Waals surface area contributed by atoms with E-state index < -0.39 is 5.60 Å². The number of rotatable bonds is 9. The molecule has 0 radical (unpaired) electrons. The zero-order chi connectivity index (χ0) is 20.7. The second kappa shape index (κ2) is 11.2. The van der Waals surface area contributed by atoms with E-state index in [1.54, 1.807) is 0 Å². The van der Waals surface area contributed by atoms with E-state index in [-0.39, 0.29) is 18.3 Å². The highest BCUT2D eigenvalue weighted by Crippen LogP contribution is 2.34. The molecule has 3 rings (SSSR count). The molecular weight excluding hydrogens is 394 g/mol. The number of nitrogens with zero attached hydrogens (tertiary/aromatic N) is 1. The van der Waals surface area contributed by atoms with Crippen molar-refractivity contribution in [2.75, 3.05) is 20.6 Å². The van der Waals surface area contributed by atoms with Crippen LogP contribution in [0.4, 0.5) is 0 Å². The van der Waals surface area contributed by atoms with E-state index in [2.05, 4.69) is 29.2 Å². The van der Waals surface area contributed by atoms with Crippen molar-refractivity contribution in [3.63, 3.8) is 0 Å². The predicted molar refractivity (Wildman–Crippen MR) is 126 cm³/mol. The summed E-state index contributed by atoms with van der Waals surface area (Å²) in [6.45, 7) is 3.22. The van der Waals surface area contributed by atoms with Gasteiger partial charge in [0.05, 0.1) is 5.60 Å². The summed E-state index contributed by atoms with van der Waals surface area (Å²) in [7, 11) is 4.10. The molecule has 1 N–H and O–H groups in total. The summed E-state index contributed by atoms with van der Waals surface area (Å²) in [6.07, 6.45) is 0.807. The second-order valence-electron chi connectivity index (χ2n) is 8.10. The van der Waals surface area contributed by atoms with E-state index in [1.165, 1.54) is 5.56 Å². The standard InChI is InChI=1S/C26H31NO2.ClH/c1-26(28,24(19-27(2)3)17-21-11-6-4-7-12-21)23-15-10-16-25(18-23)29-20-22-13-8-5-9-14-22;/h4-16,18,24,28H,17,19-20H2,1-3H3;1H/t24-,26-;/m0./s1. The van der Waals surface area contributed by atoms with Crippen LogP contribution in [-0.4, -0.2) is 30.6 Å². The van der Waals surface area contributed by atoms with Crippen molar-refractivity contribution in [3.05, 3.63) is 102 Å². The third-order valence-corrected chi connectivity index (χ3v) is 5.37. The van der Waals surface area contributed by atoms with Gasteiger partial charge in [0.25, 0.3) is 0 Å². The highest BCUT2D eigenvalue weighted by Gasteiger charge is 2.34. The molecule has 3 aromatic rings. The van der Waals surface area contributed by atoms with Crippen LogP contribution in [0.5, 0.6) is 5.75 Å². The topological polar surface area (TPSA) is 32.7 Å². The maximum Gasteiger partial charge on any atom is 0.120 e. The minimum atomic E-state index is -0.980. The summed E-state index contributed by atoms with van der Waals surface area (Å²) in [6, 6.07) is 28.3. The molecule has 0 heterocycles. The number of ether oxygens (including phenoxy) is 1. The molecule has 0 aliphatic heterocycles. The maximum atomic E-state index is 11.6. The SMILES string of the molecule is CN(C)C[C@H](Cc1ccccc1)[C@@](C)(O)c1cccc(OCc2ccccc2)c1.Cl. The first-order chi connectivity index (χ1) is 13.9. The van der Waals surface area contributed by atoms with Crippen LogP contribution in [0.3, 0.4) is 0 Å². The molecule has 4 heteroatoms. The van der Waals surface area contributed by atoms with Crippen LogP contribution in [0.1, 0.15) is 23.6 Å². The Hall–Kier alpha value is -2.33. The molecule has 160 valence electrons. The lowest BCUT2D eigenvalue weighted by molar-refractivity contribution is -0.0159. The fourth-order valence-corrected chi connectivity index (χ4v) is 3.66. The maximum absolute atomic E-state index is 11.6. The molecule has 0 aliphatic carbocycles. The molecule has 0 unspecified atom stereocenters. The second-order valence-corrected chi connectivity index (χ2v) is 8.10. The lowest BCUT2D eigenvalue weighted by Gasteiger charge is -2.35. The Bertz CT molecular complexity index is 882. The van der Waals surface area contributed by atoms with Gasteiger partial charge in [-0.3, -0.25) is 0 Å². The van der Waals surface area contributed by atoms with Gasteiger partial charge < -0.3 is 14.7 Å². The molecular formula is C26H32ClNO2. The van der Waals surface area contributed by atoms with Gasteiger partial charge in [-0.25, -0.2) is 0 Å². The number of hydrogen-bond acceptors (Lipinski definition) is 3. The minimum absolute atomic E-state index is 0. The van der Waals surface area contributed by atoms with Crippen LogP contribution >= 0.6 is 12.4 Å². The average Bonchev–Trinajstić information content (AvgIpc) is 2.73. The van der Waals surface area contributed by atoms with E-state index in [0.717, 1.165) is 29.8 Å². The van der Waals surface area contributed by atoms with Crippen molar-refractivity contribution >= 4 is 12.4 Å². The van der Waals surface area contributed by atoms with Gasteiger partial charge in [0.1, 0.15) is 12.4 Å². The lowest BCUT2D eigenvalue weighted by Crippen LogP contribution is -2.39. The van der Waals surface area contributed by atoms with Gasteiger partial charge in [-0.15, -0.1) is 12.4 Å². The molecule has 0 aromatic heterocycles. The monoisotopic (exact) mass is 425 g/mol. The quantitative estimate of drug-likeness (QED) is 0.504. The zero-order valence-corrected chi connectivity index (χ0v) is 18.8. The number of halogens is 1. The van der Waals surface area contributed by atoms with Crippen molar-refractivity contribution in [1.29, 1.82) is 0 Å². The number of benzene rings is 3. The Morgan fingerprint density at radius 1 is 0.867 bits per heavy atom. The summed E-state index contributed by atoms with van der Waals surface area (Å²) in [4.78, 5) is 2.14. The minimum Gasteiger partial charge on any atom is -0.489 e. The van der Waals surface area contributed by atoms with E-state index in [1.807, 2.05) is 81.7 Å². The molecule has 0 saturated heterocycles. The van der Waals surface area contributed by atoms with E-state index >= 15 is 0 Å². The van der Waals surface area contributed by atoms with Crippen molar-refractivity contribution < 1.29 is 9.84 Å². The summed E-state index contributed by atoms with van der Waals surface area (Å²) in [5.41, 5.74) is 2.26. The first kappa shape index (κ1) is 23.9. The van der Waals surface area contributed by atoms with Crippen molar-refractivity contribution in [1.82, 2.24) is 4.90 Å². The first-order valence-electron chi connectivity index (χ1n) is 10.1. The molecule has 30 heavy (non-hydrogen) atoms. The number of aliphatic hydroxyl groups is 1. The third-order valence-electron chi connectivity index (χ3n) is 5.37. The van der Waals surface area contributed by atoms with Gasteiger partial charge in [-0.2, -0.15) is 0 Å². The fraction of sp³-hybridized carbons (Fsp3) is 0.308. The van der Waals surface area contributed by atoms with Crippen molar-refractivity contribution in [2.45, 2.75) is 25.6 Å². The van der Waals surface area contributed by atoms with Crippen LogP contribution < -0.4 is 4.74 Å². The molecule has 0 amide bonds. The largest absolute Gasteiger partial charge is 0.489 e. The highest BCUT2D eigenvalue weighted by atomic mass is 35.5. The molecule has 0 fully saturated rings. The molecule has 2 atom stereocenters. The van der Waals surface area contributed by atoms with Gasteiger partial charge in [0, 0.05) is 12.5 Å². The molecule has 0 bridgehead atoms. The van der Waals surface area contributed by atoms with Gasteiger partial charge in [-0.1, -0.05) is 72.8 Å². The van der Waals surface area contributed by atoms with Crippen LogP contribution in [0.2, 0.25) is 0 Å². The summed E-state index contributed by atoms with van der Waals surface area (Å²) >= 11 is 0. The van der Waals surface area contributed by atoms with Gasteiger partial charge in [0.2, 0.25) is 0 Å². The summed E-state index contributed by atoms with van der Waals surface area (Å²) in [5.74, 6) is 0.819. The number of hydrogen-bond donors (Lipinski definition) is 1. The molecule has 0 aliphatic rings. The zero-order valence-electron chi connectivity index (χ0n) is 18.0. The molecule has 3 nitrogen and oxygen atoms in total. The van der Waals surface area contributed by atoms with Gasteiger partial charge in [-0.05, 0) is 56.3 Å². The summed E-state index contributed by atoms with van der Waals surface area (Å²) in [5, 5.41) is 11.6. The Labute approximate surface area is 186 Å².